The van der Waals surface area contributed by atoms with Gasteiger partial charge in [0.2, 0.25) is 5.91 Å². The molecule has 0 aromatic heterocycles. The molecular formula is C10H16F3NO3. The maximum Gasteiger partial charge on any atom is 0.390 e. The molecule has 0 saturated carbocycles. The molecule has 7 heteroatoms. The van der Waals surface area contributed by atoms with Crippen molar-refractivity contribution in [3.63, 3.8) is 0 Å². The van der Waals surface area contributed by atoms with Gasteiger partial charge in [0, 0.05) is 13.0 Å². The first-order chi connectivity index (χ1) is 7.52. The first kappa shape index (κ1) is 15.7. The summed E-state index contributed by atoms with van der Waals surface area (Å²) in [7, 11) is 0. The number of halogens is 3. The number of nitrogens with one attached hydrogen (secondary N) is 1. The van der Waals surface area contributed by atoms with Crippen LogP contribution in [0.2, 0.25) is 0 Å². The fourth-order valence-electron chi connectivity index (χ4n) is 1.31. The van der Waals surface area contributed by atoms with Gasteiger partial charge < -0.3 is 10.4 Å². The second-order valence-electron chi connectivity index (χ2n) is 4.63. The summed E-state index contributed by atoms with van der Waals surface area (Å²) in [5.41, 5.74) is -0.770. The van der Waals surface area contributed by atoms with E-state index >= 15 is 0 Å². The normalized spacial score (nSPS) is 12.3. The summed E-state index contributed by atoms with van der Waals surface area (Å²) in [6.45, 7) is 2.67. The van der Waals surface area contributed by atoms with Gasteiger partial charge in [0.25, 0.3) is 0 Å². The molecule has 0 saturated heterocycles. The van der Waals surface area contributed by atoms with Crippen LogP contribution in [0.4, 0.5) is 13.2 Å². The van der Waals surface area contributed by atoms with Crippen molar-refractivity contribution in [2.75, 3.05) is 6.54 Å². The highest BCUT2D eigenvalue weighted by molar-refractivity contribution is 5.77. The van der Waals surface area contributed by atoms with Crippen LogP contribution in [0.3, 0.4) is 0 Å². The molecule has 100 valence electrons. The van der Waals surface area contributed by atoms with Crippen LogP contribution in [-0.2, 0) is 9.59 Å². The number of carboxylic acids is 1. The second kappa shape index (κ2) is 5.88. The van der Waals surface area contributed by atoms with E-state index in [9.17, 15) is 22.8 Å². The highest BCUT2D eigenvalue weighted by Gasteiger charge is 2.28. The number of rotatable bonds is 6. The van der Waals surface area contributed by atoms with Gasteiger partial charge in [-0.2, -0.15) is 13.2 Å². The predicted molar refractivity (Wildman–Crippen MR) is 54.3 cm³/mol. The van der Waals surface area contributed by atoms with Crippen LogP contribution in [-0.4, -0.2) is 29.7 Å². The predicted octanol–water partition coefficient (Wildman–Crippen LogP) is 1.95. The molecule has 0 atom stereocenters. The van der Waals surface area contributed by atoms with Gasteiger partial charge in [-0.25, -0.2) is 0 Å². The molecule has 0 aromatic rings. The third kappa shape index (κ3) is 9.65. The van der Waals surface area contributed by atoms with Crippen molar-refractivity contribution in [3.05, 3.63) is 0 Å². The van der Waals surface area contributed by atoms with Gasteiger partial charge in [-0.05, 0) is 5.41 Å². The molecule has 0 spiro atoms. The summed E-state index contributed by atoms with van der Waals surface area (Å²) in [5, 5.41) is 10.7. The minimum atomic E-state index is -4.30. The monoisotopic (exact) mass is 255 g/mol. The van der Waals surface area contributed by atoms with Crippen molar-refractivity contribution < 1.29 is 27.9 Å². The zero-order valence-corrected chi connectivity index (χ0v) is 9.73. The Morgan fingerprint density at radius 1 is 1.18 bits per heavy atom. The summed E-state index contributed by atoms with van der Waals surface area (Å²) in [6.07, 6.45) is -5.71. The van der Waals surface area contributed by atoms with Gasteiger partial charge in [-0.15, -0.1) is 0 Å². The molecule has 4 nitrogen and oxygen atoms in total. The number of hydrogen-bond acceptors (Lipinski definition) is 2. The molecular weight excluding hydrogens is 239 g/mol. The van der Waals surface area contributed by atoms with Crippen molar-refractivity contribution in [1.29, 1.82) is 0 Å². The molecule has 0 aliphatic rings. The van der Waals surface area contributed by atoms with Crippen LogP contribution < -0.4 is 5.32 Å². The summed E-state index contributed by atoms with van der Waals surface area (Å²) in [5.74, 6) is -1.61. The van der Waals surface area contributed by atoms with Crippen LogP contribution in [0, 0.1) is 5.41 Å². The quantitative estimate of drug-likeness (QED) is 0.762. The van der Waals surface area contributed by atoms with Crippen molar-refractivity contribution in [1.82, 2.24) is 5.32 Å². The molecule has 0 bridgehead atoms. The van der Waals surface area contributed by atoms with Gasteiger partial charge in [-0.3, -0.25) is 9.59 Å². The maximum absolute atomic E-state index is 11.8. The van der Waals surface area contributed by atoms with E-state index in [-0.39, 0.29) is 12.8 Å². The van der Waals surface area contributed by atoms with Crippen molar-refractivity contribution in [2.24, 2.45) is 5.41 Å². The van der Waals surface area contributed by atoms with Crippen LogP contribution >= 0.6 is 0 Å². The molecule has 0 aliphatic heterocycles. The molecule has 17 heavy (non-hydrogen) atoms. The zero-order valence-electron chi connectivity index (χ0n) is 9.73. The Hall–Kier alpha value is -1.27. The van der Waals surface area contributed by atoms with E-state index in [0.29, 0.717) is 0 Å². The highest BCUT2D eigenvalue weighted by Crippen LogP contribution is 2.24. The summed E-state index contributed by atoms with van der Waals surface area (Å²) < 4.78 is 35.4. The number of hydrogen-bond donors (Lipinski definition) is 2. The number of alkyl halides is 3. The molecule has 0 aliphatic carbocycles. The van der Waals surface area contributed by atoms with Crippen LogP contribution in [0.25, 0.3) is 0 Å². The maximum atomic E-state index is 11.8. The van der Waals surface area contributed by atoms with E-state index in [1.165, 1.54) is 0 Å². The Kier molecular flexibility index (Phi) is 5.44. The van der Waals surface area contributed by atoms with E-state index in [1.54, 1.807) is 13.8 Å². The van der Waals surface area contributed by atoms with Gasteiger partial charge >= 0.3 is 12.1 Å². The molecule has 0 unspecified atom stereocenters. The van der Waals surface area contributed by atoms with E-state index < -0.39 is 36.4 Å². The van der Waals surface area contributed by atoms with Crippen molar-refractivity contribution in [3.8, 4) is 0 Å². The Labute approximate surface area is 97.2 Å². The number of carbonyl (C=O) groups is 2. The van der Waals surface area contributed by atoms with E-state index in [1.807, 2.05) is 0 Å². The fraction of sp³-hybridized carbons (Fsp3) is 0.800. The molecule has 0 rings (SSSR count). The van der Waals surface area contributed by atoms with Crippen molar-refractivity contribution >= 4 is 11.9 Å². The molecule has 0 heterocycles. The summed E-state index contributed by atoms with van der Waals surface area (Å²) in [6, 6.07) is 0. The van der Waals surface area contributed by atoms with E-state index in [0.717, 1.165) is 0 Å². The Morgan fingerprint density at radius 2 is 1.71 bits per heavy atom. The van der Waals surface area contributed by atoms with Crippen molar-refractivity contribution in [2.45, 2.75) is 39.3 Å². The third-order valence-electron chi connectivity index (χ3n) is 2.00. The topological polar surface area (TPSA) is 66.4 Å². The average Bonchev–Trinajstić information content (AvgIpc) is 1.95. The van der Waals surface area contributed by atoms with Crippen LogP contribution in [0.5, 0.6) is 0 Å². The minimum Gasteiger partial charge on any atom is -0.481 e. The first-order valence-electron chi connectivity index (χ1n) is 5.07. The summed E-state index contributed by atoms with van der Waals surface area (Å²) in [4.78, 5) is 21.7. The fourth-order valence-corrected chi connectivity index (χ4v) is 1.31. The SMILES string of the molecule is CC(C)(CC(=O)O)CC(=O)NCCC(F)(F)F. The van der Waals surface area contributed by atoms with Crippen LogP contribution in [0.1, 0.15) is 33.1 Å². The minimum absolute atomic E-state index is 0.114. The van der Waals surface area contributed by atoms with Crippen LogP contribution in [0.15, 0.2) is 0 Å². The van der Waals surface area contributed by atoms with Gasteiger partial charge in [0.1, 0.15) is 0 Å². The Bertz CT molecular complexity index is 287. The Balaban J connectivity index is 3.97. The average molecular weight is 255 g/mol. The lowest BCUT2D eigenvalue weighted by Gasteiger charge is -2.21. The lowest BCUT2D eigenvalue weighted by atomic mass is 9.85. The second-order valence-corrected chi connectivity index (χ2v) is 4.63. The summed E-state index contributed by atoms with van der Waals surface area (Å²) >= 11 is 0. The lowest BCUT2D eigenvalue weighted by Crippen LogP contribution is -2.32. The molecule has 0 aromatic carbocycles. The number of carboxylic acid groups (broad SMARTS) is 1. The molecule has 1 amide bonds. The third-order valence-corrected chi connectivity index (χ3v) is 2.00. The van der Waals surface area contributed by atoms with Gasteiger partial charge in [0.15, 0.2) is 0 Å². The highest BCUT2D eigenvalue weighted by atomic mass is 19.4. The number of amides is 1. The molecule has 0 fully saturated rings. The van der Waals surface area contributed by atoms with Gasteiger partial charge in [-0.1, -0.05) is 13.8 Å². The van der Waals surface area contributed by atoms with E-state index in [2.05, 4.69) is 5.32 Å². The zero-order chi connectivity index (χ0) is 13.7. The number of aliphatic carboxylic acids is 1. The van der Waals surface area contributed by atoms with E-state index in [4.69, 9.17) is 5.11 Å². The largest absolute Gasteiger partial charge is 0.481 e. The standard InChI is InChI=1S/C10H16F3NO3/c1-9(2,6-8(16)17)5-7(15)14-4-3-10(11,12)13/h3-6H2,1-2H3,(H,14,15)(H,16,17). The Morgan fingerprint density at radius 3 is 2.12 bits per heavy atom. The number of carbonyl (C=O) groups excluding carboxylic acids is 1. The lowest BCUT2D eigenvalue weighted by molar-refractivity contribution is -0.139. The smallest absolute Gasteiger partial charge is 0.390 e. The molecule has 0 radical (unpaired) electrons. The van der Waals surface area contributed by atoms with Gasteiger partial charge in [0.05, 0.1) is 12.8 Å². The first-order valence-corrected chi connectivity index (χ1v) is 5.07. The molecule has 2 N–H and O–H groups in total.